The van der Waals surface area contributed by atoms with Crippen LogP contribution in [0.1, 0.15) is 24.6 Å². The summed E-state index contributed by atoms with van der Waals surface area (Å²) in [5, 5.41) is 7.69. The molecule has 1 aliphatic rings. The summed E-state index contributed by atoms with van der Waals surface area (Å²) in [5.74, 6) is -0.318. The Balaban J connectivity index is 2.20. The first kappa shape index (κ1) is 12.0. The van der Waals surface area contributed by atoms with E-state index in [1.165, 1.54) is 4.57 Å². The molecule has 0 saturated heterocycles. The van der Waals surface area contributed by atoms with Crippen molar-refractivity contribution in [2.45, 2.75) is 18.8 Å². The first-order valence-electron chi connectivity index (χ1n) is 5.33. The second-order valence-corrected chi connectivity index (χ2v) is 5.35. The minimum absolute atomic E-state index is 0.0348. The van der Waals surface area contributed by atoms with E-state index in [1.54, 1.807) is 0 Å². The number of benzene rings is 1. The van der Waals surface area contributed by atoms with Gasteiger partial charge in [0, 0.05) is 12.0 Å². The largest absolute Gasteiger partial charge is 0.266 e. The van der Waals surface area contributed by atoms with Crippen molar-refractivity contribution >= 4 is 27.5 Å². The molecule has 18 heavy (non-hydrogen) atoms. The lowest BCUT2D eigenvalue weighted by molar-refractivity contribution is 0.585. The Morgan fingerprint density at radius 1 is 1.22 bits per heavy atom. The summed E-state index contributed by atoms with van der Waals surface area (Å²) in [5.41, 5.74) is 0.0348. The first-order valence-corrected chi connectivity index (χ1v) is 6.50. The highest BCUT2D eigenvalue weighted by Gasteiger charge is 2.31. The lowest BCUT2D eigenvalue weighted by Gasteiger charge is -2.09. The topological polar surface area (TPSA) is 30.7 Å². The maximum atomic E-state index is 13.9. The van der Waals surface area contributed by atoms with Gasteiger partial charge in [-0.05, 0) is 46.4 Å². The van der Waals surface area contributed by atoms with Gasteiger partial charge in [0.25, 0.3) is 0 Å². The monoisotopic (exact) mass is 333 g/mol. The standard InChI is InChI=1S/C11H7BrClF2N3/c12-6-3-8(15)9(4-7(6)14)18-10(5-1-2-5)16-17-11(18)13/h3-5H,1-2H2. The third-order valence-corrected chi connectivity index (χ3v) is 3.67. The molecule has 0 spiro atoms. The van der Waals surface area contributed by atoms with Crippen LogP contribution in [0.25, 0.3) is 5.69 Å². The van der Waals surface area contributed by atoms with E-state index < -0.39 is 11.6 Å². The fourth-order valence-electron chi connectivity index (χ4n) is 1.79. The number of rotatable bonds is 2. The fourth-order valence-corrected chi connectivity index (χ4v) is 2.32. The molecule has 1 saturated carbocycles. The Labute approximate surface area is 115 Å². The highest BCUT2D eigenvalue weighted by atomic mass is 79.9. The van der Waals surface area contributed by atoms with Crippen LogP contribution in [0.2, 0.25) is 5.28 Å². The molecule has 1 fully saturated rings. The minimum Gasteiger partial charge on any atom is -0.266 e. The van der Waals surface area contributed by atoms with E-state index in [0.717, 1.165) is 25.0 Å². The summed E-state index contributed by atoms with van der Waals surface area (Å²) in [6, 6.07) is 2.15. The number of nitrogens with zero attached hydrogens (tertiary/aromatic N) is 3. The maximum absolute atomic E-state index is 13.9. The molecule has 7 heteroatoms. The Morgan fingerprint density at radius 3 is 2.61 bits per heavy atom. The highest BCUT2D eigenvalue weighted by molar-refractivity contribution is 9.10. The first-order chi connectivity index (χ1) is 8.58. The van der Waals surface area contributed by atoms with Crippen molar-refractivity contribution in [2.24, 2.45) is 0 Å². The smallest absolute Gasteiger partial charge is 0.229 e. The van der Waals surface area contributed by atoms with Crippen LogP contribution in [0.3, 0.4) is 0 Å². The third-order valence-electron chi connectivity index (χ3n) is 2.82. The van der Waals surface area contributed by atoms with Crippen molar-refractivity contribution in [3.05, 3.63) is 39.3 Å². The van der Waals surface area contributed by atoms with Gasteiger partial charge >= 0.3 is 0 Å². The summed E-state index contributed by atoms with van der Waals surface area (Å²) in [7, 11) is 0. The molecule has 94 valence electrons. The van der Waals surface area contributed by atoms with Crippen molar-refractivity contribution in [1.29, 1.82) is 0 Å². The molecule has 3 nitrogen and oxygen atoms in total. The molecule has 1 heterocycles. The van der Waals surface area contributed by atoms with E-state index in [0.29, 0.717) is 5.82 Å². The van der Waals surface area contributed by atoms with E-state index in [-0.39, 0.29) is 21.4 Å². The highest BCUT2D eigenvalue weighted by Crippen LogP contribution is 2.41. The zero-order valence-corrected chi connectivity index (χ0v) is 11.3. The Bertz CT molecular complexity index is 625. The Kier molecular flexibility index (Phi) is 2.86. The van der Waals surface area contributed by atoms with Crippen molar-refractivity contribution in [3.63, 3.8) is 0 Å². The van der Waals surface area contributed by atoms with Gasteiger partial charge in [0.2, 0.25) is 5.28 Å². The van der Waals surface area contributed by atoms with Crippen LogP contribution in [0.4, 0.5) is 8.78 Å². The molecule has 0 atom stereocenters. The zero-order valence-electron chi connectivity index (χ0n) is 9.00. The molecule has 0 bridgehead atoms. The lowest BCUT2D eigenvalue weighted by atomic mass is 10.2. The van der Waals surface area contributed by atoms with Crippen molar-refractivity contribution in [3.8, 4) is 5.69 Å². The fraction of sp³-hybridized carbons (Fsp3) is 0.273. The molecule has 1 aromatic heterocycles. The van der Waals surface area contributed by atoms with E-state index in [1.807, 2.05) is 0 Å². The van der Waals surface area contributed by atoms with Gasteiger partial charge in [0.05, 0.1) is 10.2 Å². The van der Waals surface area contributed by atoms with Gasteiger partial charge in [-0.3, -0.25) is 4.57 Å². The molecule has 3 rings (SSSR count). The zero-order chi connectivity index (χ0) is 12.9. The molecule has 2 aromatic rings. The van der Waals surface area contributed by atoms with Crippen LogP contribution in [0.5, 0.6) is 0 Å². The number of halogens is 4. The van der Waals surface area contributed by atoms with Crippen molar-refractivity contribution in [1.82, 2.24) is 14.8 Å². The van der Waals surface area contributed by atoms with E-state index in [2.05, 4.69) is 26.1 Å². The summed E-state index contributed by atoms with van der Waals surface area (Å²) in [6.45, 7) is 0. The van der Waals surface area contributed by atoms with Gasteiger partial charge in [-0.2, -0.15) is 0 Å². The van der Waals surface area contributed by atoms with E-state index in [9.17, 15) is 8.78 Å². The van der Waals surface area contributed by atoms with E-state index >= 15 is 0 Å². The average Bonchev–Trinajstić information content (AvgIpc) is 3.09. The quantitative estimate of drug-likeness (QED) is 0.781. The summed E-state index contributed by atoms with van der Waals surface area (Å²) < 4.78 is 28.9. The van der Waals surface area contributed by atoms with Gasteiger partial charge in [0.1, 0.15) is 17.5 Å². The third kappa shape index (κ3) is 1.93. The van der Waals surface area contributed by atoms with Crippen LogP contribution in [0.15, 0.2) is 16.6 Å². The van der Waals surface area contributed by atoms with Gasteiger partial charge < -0.3 is 0 Å². The molecule has 0 amide bonds. The van der Waals surface area contributed by atoms with Crippen molar-refractivity contribution in [2.75, 3.05) is 0 Å². The lowest BCUT2D eigenvalue weighted by Crippen LogP contribution is -2.04. The SMILES string of the molecule is Fc1cc(-n2c(Cl)nnc2C2CC2)c(F)cc1Br. The molecular formula is C11H7BrClF2N3. The number of hydrogen-bond donors (Lipinski definition) is 0. The molecule has 0 radical (unpaired) electrons. The summed E-state index contributed by atoms with van der Waals surface area (Å²) in [6.07, 6.45) is 1.94. The average molecular weight is 335 g/mol. The number of hydrogen-bond acceptors (Lipinski definition) is 2. The molecule has 0 N–H and O–H groups in total. The van der Waals surface area contributed by atoms with Gasteiger partial charge in [-0.15, -0.1) is 10.2 Å². The normalized spacial score (nSPS) is 15.1. The molecular weight excluding hydrogens is 327 g/mol. The molecule has 1 aliphatic carbocycles. The van der Waals surface area contributed by atoms with Crippen molar-refractivity contribution < 1.29 is 8.78 Å². The second kappa shape index (κ2) is 4.28. The maximum Gasteiger partial charge on any atom is 0.229 e. The van der Waals surface area contributed by atoms with Crippen LogP contribution in [-0.2, 0) is 0 Å². The summed E-state index contributed by atoms with van der Waals surface area (Å²) in [4.78, 5) is 0. The van der Waals surface area contributed by atoms with Gasteiger partial charge in [0.15, 0.2) is 0 Å². The predicted octanol–water partition coefficient (Wildman–Crippen LogP) is 3.84. The van der Waals surface area contributed by atoms with Gasteiger partial charge in [-0.1, -0.05) is 0 Å². The van der Waals surface area contributed by atoms with Crippen LogP contribution in [-0.4, -0.2) is 14.8 Å². The minimum atomic E-state index is -0.577. The predicted molar refractivity (Wildman–Crippen MR) is 66.0 cm³/mol. The summed E-state index contributed by atoms with van der Waals surface area (Å²) >= 11 is 8.84. The van der Waals surface area contributed by atoms with Crippen LogP contribution in [0, 0.1) is 11.6 Å². The van der Waals surface area contributed by atoms with Crippen LogP contribution >= 0.6 is 27.5 Å². The van der Waals surface area contributed by atoms with Crippen LogP contribution < -0.4 is 0 Å². The Morgan fingerprint density at radius 2 is 1.94 bits per heavy atom. The molecule has 0 aliphatic heterocycles. The second-order valence-electron chi connectivity index (χ2n) is 4.15. The molecule has 1 aromatic carbocycles. The Hall–Kier alpha value is -1.01. The van der Waals surface area contributed by atoms with E-state index in [4.69, 9.17) is 11.6 Å². The molecule has 0 unspecified atom stereocenters. The number of aromatic nitrogens is 3. The van der Waals surface area contributed by atoms with Gasteiger partial charge in [-0.25, -0.2) is 8.78 Å².